The summed E-state index contributed by atoms with van der Waals surface area (Å²) in [5, 5.41) is 12.2. The smallest absolute Gasteiger partial charge is 0.247 e. The summed E-state index contributed by atoms with van der Waals surface area (Å²) in [6, 6.07) is 13.3. The van der Waals surface area contributed by atoms with E-state index in [0.29, 0.717) is 40.6 Å². The van der Waals surface area contributed by atoms with Crippen LogP contribution in [0.15, 0.2) is 51.4 Å². The second-order valence-corrected chi connectivity index (χ2v) is 6.10. The third kappa shape index (κ3) is 3.44. The molecular formula is C20H18N4O4. The summed E-state index contributed by atoms with van der Waals surface area (Å²) in [5.41, 5.74) is 2.65. The van der Waals surface area contributed by atoms with Crippen LogP contribution in [0, 0.1) is 6.92 Å². The largest absolute Gasteiger partial charge is 0.493 e. The maximum Gasteiger partial charge on any atom is 0.247 e. The Hall–Kier alpha value is -3.68. The van der Waals surface area contributed by atoms with E-state index in [1.165, 1.54) is 0 Å². The first-order valence-corrected chi connectivity index (χ1v) is 8.61. The third-order valence-electron chi connectivity index (χ3n) is 4.15. The molecule has 0 spiro atoms. The van der Waals surface area contributed by atoms with E-state index in [1.54, 1.807) is 20.3 Å². The number of benzene rings is 2. The van der Waals surface area contributed by atoms with Gasteiger partial charge < -0.3 is 18.4 Å². The van der Waals surface area contributed by atoms with Crippen molar-refractivity contribution >= 4 is 0 Å². The van der Waals surface area contributed by atoms with Crippen LogP contribution in [0.1, 0.15) is 17.3 Å². The topological polar surface area (TPSA) is 96.3 Å². The number of para-hydroxylation sites is 1. The normalized spacial score (nSPS) is 10.8. The molecule has 4 aromatic rings. The molecule has 8 nitrogen and oxygen atoms in total. The Labute approximate surface area is 161 Å². The number of ether oxygens (including phenoxy) is 2. The van der Waals surface area contributed by atoms with E-state index in [-0.39, 0.29) is 6.42 Å². The van der Waals surface area contributed by atoms with Crippen molar-refractivity contribution in [1.29, 1.82) is 0 Å². The van der Waals surface area contributed by atoms with Crippen LogP contribution < -0.4 is 9.47 Å². The predicted molar refractivity (Wildman–Crippen MR) is 100 cm³/mol. The van der Waals surface area contributed by atoms with Gasteiger partial charge in [-0.1, -0.05) is 28.9 Å². The highest BCUT2D eigenvalue weighted by Gasteiger charge is 2.18. The van der Waals surface area contributed by atoms with Crippen molar-refractivity contribution in [2.75, 3.05) is 14.2 Å². The molecular weight excluding hydrogens is 360 g/mol. The number of hydrogen-bond acceptors (Lipinski definition) is 8. The van der Waals surface area contributed by atoms with Gasteiger partial charge in [0.15, 0.2) is 11.5 Å². The second kappa shape index (κ2) is 7.51. The number of aromatic nitrogens is 4. The molecule has 0 unspecified atom stereocenters. The SMILES string of the molecule is COc1cccc(-c2noc(Cc3nnc(-c4cccc(C)c4)o3)n2)c1OC. The summed E-state index contributed by atoms with van der Waals surface area (Å²) in [6.07, 6.45) is 0.234. The molecule has 0 saturated heterocycles. The zero-order chi connectivity index (χ0) is 19.5. The summed E-state index contributed by atoms with van der Waals surface area (Å²) in [5.74, 6) is 2.73. The van der Waals surface area contributed by atoms with E-state index >= 15 is 0 Å². The highest BCUT2D eigenvalue weighted by Crippen LogP contribution is 2.36. The molecule has 142 valence electrons. The monoisotopic (exact) mass is 378 g/mol. The van der Waals surface area contributed by atoms with Crippen molar-refractivity contribution in [3.05, 3.63) is 59.8 Å². The molecule has 2 heterocycles. The number of methoxy groups -OCH3 is 2. The van der Waals surface area contributed by atoms with Crippen LogP contribution in [0.5, 0.6) is 11.5 Å². The molecule has 2 aromatic heterocycles. The van der Waals surface area contributed by atoms with Gasteiger partial charge in [-0.2, -0.15) is 4.98 Å². The Bertz CT molecular complexity index is 1100. The first-order valence-electron chi connectivity index (χ1n) is 8.61. The van der Waals surface area contributed by atoms with Gasteiger partial charge in [0.25, 0.3) is 0 Å². The lowest BCUT2D eigenvalue weighted by atomic mass is 10.1. The molecule has 2 aromatic carbocycles. The summed E-state index contributed by atoms with van der Waals surface area (Å²) in [7, 11) is 3.14. The average Bonchev–Trinajstić information content (AvgIpc) is 3.37. The second-order valence-electron chi connectivity index (χ2n) is 6.10. The van der Waals surface area contributed by atoms with E-state index in [2.05, 4.69) is 20.3 Å². The van der Waals surface area contributed by atoms with E-state index in [9.17, 15) is 0 Å². The van der Waals surface area contributed by atoms with E-state index in [0.717, 1.165) is 11.1 Å². The highest BCUT2D eigenvalue weighted by atomic mass is 16.5. The van der Waals surface area contributed by atoms with Crippen molar-refractivity contribution in [1.82, 2.24) is 20.3 Å². The van der Waals surface area contributed by atoms with Crippen LogP contribution in [-0.2, 0) is 6.42 Å². The Morgan fingerprint density at radius 1 is 0.964 bits per heavy atom. The van der Waals surface area contributed by atoms with Crippen LogP contribution >= 0.6 is 0 Å². The molecule has 0 amide bonds. The maximum atomic E-state index is 5.73. The minimum Gasteiger partial charge on any atom is -0.493 e. The van der Waals surface area contributed by atoms with Gasteiger partial charge in [-0.3, -0.25) is 0 Å². The van der Waals surface area contributed by atoms with Gasteiger partial charge in [-0.05, 0) is 31.2 Å². The molecule has 8 heteroatoms. The minimum atomic E-state index is 0.234. The van der Waals surface area contributed by atoms with Crippen molar-refractivity contribution in [3.63, 3.8) is 0 Å². The molecule has 4 rings (SSSR count). The molecule has 0 N–H and O–H groups in total. The van der Waals surface area contributed by atoms with Crippen molar-refractivity contribution in [2.45, 2.75) is 13.3 Å². The Morgan fingerprint density at radius 2 is 1.82 bits per heavy atom. The number of rotatable bonds is 6. The fourth-order valence-electron chi connectivity index (χ4n) is 2.85. The van der Waals surface area contributed by atoms with E-state index < -0.39 is 0 Å². The van der Waals surface area contributed by atoms with Gasteiger partial charge in [0.05, 0.1) is 19.8 Å². The first kappa shape index (κ1) is 17.7. The molecule has 0 saturated carbocycles. The Kier molecular flexibility index (Phi) is 4.76. The lowest BCUT2D eigenvalue weighted by Gasteiger charge is -2.09. The summed E-state index contributed by atoms with van der Waals surface area (Å²) >= 11 is 0. The molecule has 0 aliphatic heterocycles. The van der Waals surface area contributed by atoms with Gasteiger partial charge in [0.1, 0.15) is 6.42 Å². The van der Waals surface area contributed by atoms with Gasteiger partial charge >= 0.3 is 0 Å². The van der Waals surface area contributed by atoms with Gasteiger partial charge in [0, 0.05) is 5.56 Å². The average molecular weight is 378 g/mol. The van der Waals surface area contributed by atoms with Crippen molar-refractivity contribution in [2.24, 2.45) is 0 Å². The minimum absolute atomic E-state index is 0.234. The fourth-order valence-corrected chi connectivity index (χ4v) is 2.85. The van der Waals surface area contributed by atoms with E-state index in [1.807, 2.05) is 43.3 Å². The van der Waals surface area contributed by atoms with Gasteiger partial charge in [-0.25, -0.2) is 0 Å². The van der Waals surface area contributed by atoms with Crippen LogP contribution in [-0.4, -0.2) is 34.6 Å². The third-order valence-corrected chi connectivity index (χ3v) is 4.15. The van der Waals surface area contributed by atoms with Crippen LogP contribution in [0.4, 0.5) is 0 Å². The molecule has 28 heavy (non-hydrogen) atoms. The highest BCUT2D eigenvalue weighted by molar-refractivity contribution is 5.68. The quantitative estimate of drug-likeness (QED) is 0.501. The number of aryl methyl sites for hydroxylation is 1. The standard InChI is InChI=1S/C20H18N4O4/c1-12-6-4-7-13(10-12)20-23-22-17(27-20)11-16-21-19(24-28-16)14-8-5-9-15(25-2)18(14)26-3/h4-10H,11H2,1-3H3. The summed E-state index contributed by atoms with van der Waals surface area (Å²) in [4.78, 5) is 4.41. The number of hydrogen-bond donors (Lipinski definition) is 0. The first-order chi connectivity index (χ1) is 13.7. The van der Waals surface area contributed by atoms with Gasteiger partial charge in [-0.15, -0.1) is 10.2 Å². The number of nitrogens with zero attached hydrogens (tertiary/aromatic N) is 4. The molecule has 0 bridgehead atoms. The zero-order valence-corrected chi connectivity index (χ0v) is 15.7. The van der Waals surface area contributed by atoms with Crippen LogP contribution in [0.3, 0.4) is 0 Å². The molecule has 0 fully saturated rings. The van der Waals surface area contributed by atoms with Gasteiger partial charge in [0.2, 0.25) is 23.5 Å². The summed E-state index contributed by atoms with van der Waals surface area (Å²) < 4.78 is 21.8. The maximum absolute atomic E-state index is 5.73. The van der Waals surface area contributed by atoms with Crippen molar-refractivity contribution in [3.8, 4) is 34.3 Å². The Balaban J connectivity index is 1.57. The Morgan fingerprint density at radius 3 is 2.61 bits per heavy atom. The van der Waals surface area contributed by atoms with Crippen LogP contribution in [0.25, 0.3) is 22.8 Å². The fraction of sp³-hybridized carbons (Fsp3) is 0.200. The predicted octanol–water partition coefficient (Wildman–Crippen LogP) is 3.70. The molecule has 0 aliphatic carbocycles. The van der Waals surface area contributed by atoms with Crippen molar-refractivity contribution < 1.29 is 18.4 Å². The lowest BCUT2D eigenvalue weighted by molar-refractivity contribution is 0.355. The van der Waals surface area contributed by atoms with E-state index in [4.69, 9.17) is 18.4 Å². The summed E-state index contributed by atoms with van der Waals surface area (Å²) in [6.45, 7) is 2.01. The molecule has 0 radical (unpaired) electrons. The molecule has 0 aliphatic rings. The van der Waals surface area contributed by atoms with Crippen LogP contribution in [0.2, 0.25) is 0 Å². The molecule has 0 atom stereocenters. The lowest BCUT2D eigenvalue weighted by Crippen LogP contribution is -1.94. The zero-order valence-electron chi connectivity index (χ0n) is 15.7.